The van der Waals surface area contributed by atoms with Crippen LogP contribution in [-0.4, -0.2) is 50.7 Å². The molecule has 4 aromatic rings. The van der Waals surface area contributed by atoms with E-state index in [1.807, 2.05) is 0 Å². The van der Waals surface area contributed by atoms with Gasteiger partial charge in [-0.25, -0.2) is 15.8 Å². The first-order chi connectivity index (χ1) is 16.1. The van der Waals surface area contributed by atoms with E-state index in [0.717, 1.165) is 10.9 Å². The molecule has 0 saturated heterocycles. The number of hydrogen-bond donors (Lipinski definition) is 3. The Morgan fingerprint density at radius 1 is 1.09 bits per heavy atom. The Kier molecular flexibility index (Phi) is 5.71. The molecule has 0 aliphatic rings. The van der Waals surface area contributed by atoms with Crippen LogP contribution in [0.5, 0.6) is 0 Å². The average Bonchev–Trinajstić information content (AvgIpc) is 3.19. The van der Waals surface area contributed by atoms with Crippen molar-refractivity contribution >= 4 is 50.8 Å². The van der Waals surface area contributed by atoms with Crippen molar-refractivity contribution < 1.29 is 9.59 Å². The maximum atomic E-state index is 13.7. The Morgan fingerprint density at radius 2 is 1.82 bits per heavy atom. The number of carbonyl (C=O) groups is 2. The van der Waals surface area contributed by atoms with Crippen molar-refractivity contribution in [1.82, 2.24) is 24.8 Å². The number of para-hydroxylation sites is 1. The summed E-state index contributed by atoms with van der Waals surface area (Å²) in [7, 11) is 5.02. The summed E-state index contributed by atoms with van der Waals surface area (Å²) < 4.78 is 1.69. The summed E-state index contributed by atoms with van der Waals surface area (Å²) in [5.74, 6) is 5.56. The highest BCUT2D eigenvalue weighted by atomic mass is 16.2. The predicted octanol–water partition coefficient (Wildman–Crippen LogP) is 1.63. The van der Waals surface area contributed by atoms with Gasteiger partial charge in [-0.2, -0.15) is 5.10 Å². The maximum Gasteiger partial charge on any atom is 0.272 e. The first kappa shape index (κ1) is 22.8. The maximum absolute atomic E-state index is 13.7. The van der Waals surface area contributed by atoms with E-state index in [-0.39, 0.29) is 18.4 Å². The molecule has 0 unspecified atom stereocenters. The third-order valence-corrected chi connectivity index (χ3v) is 5.88. The summed E-state index contributed by atoms with van der Waals surface area (Å²) in [6, 6.07) is 10.5. The van der Waals surface area contributed by atoms with Gasteiger partial charge in [0.05, 0.1) is 40.5 Å². The van der Waals surface area contributed by atoms with Crippen LogP contribution in [-0.2, 0) is 18.4 Å². The molecule has 11 nitrogen and oxygen atoms in total. The molecule has 11 heteroatoms. The van der Waals surface area contributed by atoms with Gasteiger partial charge >= 0.3 is 0 Å². The van der Waals surface area contributed by atoms with Crippen LogP contribution in [0, 0.1) is 0 Å². The highest BCUT2D eigenvalue weighted by Crippen LogP contribution is 2.30. The second-order valence-electron chi connectivity index (χ2n) is 8.13. The van der Waals surface area contributed by atoms with Crippen molar-refractivity contribution in [1.29, 1.82) is 0 Å². The lowest BCUT2D eigenvalue weighted by Crippen LogP contribution is -2.46. The third-order valence-electron chi connectivity index (χ3n) is 5.88. The topological polar surface area (TPSA) is 153 Å². The minimum absolute atomic E-state index is 0.0710. The lowest BCUT2D eigenvalue weighted by Gasteiger charge is -2.32. The highest BCUT2D eigenvalue weighted by Gasteiger charge is 2.25. The van der Waals surface area contributed by atoms with Crippen LogP contribution in [0.4, 0.5) is 17.2 Å². The number of benzene rings is 2. The molecule has 2 heterocycles. The number of aryl methyl sites for hydroxylation is 1. The van der Waals surface area contributed by atoms with Crippen LogP contribution in [0.2, 0.25) is 0 Å². The van der Waals surface area contributed by atoms with Crippen molar-refractivity contribution in [3.05, 3.63) is 53.7 Å². The van der Waals surface area contributed by atoms with Gasteiger partial charge in [0.15, 0.2) is 0 Å². The molecule has 2 aromatic carbocycles. The van der Waals surface area contributed by atoms with Crippen LogP contribution in [0.15, 0.2) is 42.6 Å². The Balaban J connectivity index is 1.80. The summed E-state index contributed by atoms with van der Waals surface area (Å²) in [5.41, 5.74) is 15.9. The Hall–Kier alpha value is -4.38. The van der Waals surface area contributed by atoms with Crippen LogP contribution in [0.3, 0.4) is 0 Å². The number of hydrogen-bond acceptors (Lipinski definition) is 8. The molecule has 0 fully saturated rings. The van der Waals surface area contributed by atoms with Gasteiger partial charge < -0.3 is 16.5 Å². The molecule has 0 saturated carbocycles. The Morgan fingerprint density at radius 3 is 2.50 bits per heavy atom. The third kappa shape index (κ3) is 3.82. The molecule has 0 radical (unpaired) electrons. The fourth-order valence-corrected chi connectivity index (χ4v) is 3.93. The van der Waals surface area contributed by atoms with Crippen molar-refractivity contribution in [2.45, 2.75) is 13.5 Å². The van der Waals surface area contributed by atoms with E-state index in [9.17, 15) is 9.59 Å². The number of rotatable bonds is 4. The van der Waals surface area contributed by atoms with Crippen molar-refractivity contribution in [2.75, 3.05) is 30.6 Å². The number of anilines is 3. The van der Waals surface area contributed by atoms with E-state index in [1.165, 1.54) is 29.0 Å². The molecule has 2 aromatic heterocycles. The minimum Gasteiger partial charge on any atom is -0.397 e. The standard InChI is InChI=1S/C23H27N9O2/c1-13(33)31(4)32(12-15-6-5-7-19(20(15)24)29(2)26)23(34)14-8-9-18-16(10-14)21-17(22(25)28-18)11-27-30(21)3/h5-11H,12,24,26H2,1-4H3,(H2,25,28). The molecule has 0 atom stereocenters. The van der Waals surface area contributed by atoms with Crippen LogP contribution in [0.25, 0.3) is 21.8 Å². The summed E-state index contributed by atoms with van der Waals surface area (Å²) in [4.78, 5) is 30.4. The van der Waals surface area contributed by atoms with Crippen molar-refractivity contribution in [2.24, 2.45) is 12.9 Å². The molecule has 2 amide bonds. The molecule has 0 aliphatic heterocycles. The molecule has 0 aliphatic carbocycles. The predicted molar refractivity (Wildman–Crippen MR) is 132 cm³/mol. The quantitative estimate of drug-likeness (QED) is 0.235. The van der Waals surface area contributed by atoms with Crippen LogP contribution in [0.1, 0.15) is 22.8 Å². The van der Waals surface area contributed by atoms with Gasteiger partial charge in [0, 0.05) is 39.0 Å². The fourth-order valence-electron chi connectivity index (χ4n) is 3.93. The van der Waals surface area contributed by atoms with E-state index in [0.29, 0.717) is 39.2 Å². The van der Waals surface area contributed by atoms with Gasteiger partial charge in [-0.15, -0.1) is 0 Å². The summed E-state index contributed by atoms with van der Waals surface area (Å²) >= 11 is 0. The second-order valence-corrected chi connectivity index (χ2v) is 8.13. The normalized spacial score (nSPS) is 11.1. The Bertz CT molecular complexity index is 1430. The lowest BCUT2D eigenvalue weighted by atomic mass is 10.1. The van der Waals surface area contributed by atoms with E-state index >= 15 is 0 Å². The van der Waals surface area contributed by atoms with E-state index in [1.54, 1.807) is 61.4 Å². The number of carbonyl (C=O) groups excluding carboxylic acids is 2. The molecular formula is C23H27N9O2. The van der Waals surface area contributed by atoms with Gasteiger partial charge in [0.2, 0.25) is 5.91 Å². The number of pyridine rings is 1. The first-order valence-corrected chi connectivity index (χ1v) is 10.5. The van der Waals surface area contributed by atoms with Gasteiger partial charge in [-0.1, -0.05) is 12.1 Å². The van der Waals surface area contributed by atoms with Gasteiger partial charge in [-0.05, 0) is 29.8 Å². The molecule has 4 rings (SSSR count). The lowest BCUT2D eigenvalue weighted by molar-refractivity contribution is -0.140. The number of fused-ring (bicyclic) bond motifs is 3. The molecule has 176 valence electrons. The summed E-state index contributed by atoms with van der Waals surface area (Å²) in [5, 5.41) is 9.73. The van der Waals surface area contributed by atoms with Gasteiger partial charge in [0.25, 0.3) is 5.91 Å². The fraction of sp³-hybridized carbons (Fsp3) is 0.217. The number of nitrogen functional groups attached to an aromatic ring is 2. The first-order valence-electron chi connectivity index (χ1n) is 10.5. The molecule has 0 bridgehead atoms. The van der Waals surface area contributed by atoms with E-state index < -0.39 is 0 Å². The number of amides is 2. The Labute approximate surface area is 196 Å². The van der Waals surface area contributed by atoms with Crippen molar-refractivity contribution in [3.8, 4) is 0 Å². The van der Waals surface area contributed by atoms with Gasteiger partial charge in [0.1, 0.15) is 5.82 Å². The van der Waals surface area contributed by atoms with E-state index in [4.69, 9.17) is 17.3 Å². The largest absolute Gasteiger partial charge is 0.397 e. The summed E-state index contributed by atoms with van der Waals surface area (Å²) in [6.07, 6.45) is 1.64. The number of aromatic nitrogens is 3. The monoisotopic (exact) mass is 461 g/mol. The minimum atomic E-state index is -0.377. The SMILES string of the molecule is CC(=O)N(C)N(Cc1cccc(N(C)N)c1N)C(=O)c1ccc2nc(N)c3cnn(C)c3c2c1. The zero-order valence-corrected chi connectivity index (χ0v) is 19.5. The average molecular weight is 462 g/mol. The number of nitrogens with two attached hydrogens (primary N) is 3. The van der Waals surface area contributed by atoms with Crippen LogP contribution >= 0.6 is 0 Å². The highest BCUT2D eigenvalue weighted by molar-refractivity contribution is 6.10. The van der Waals surface area contributed by atoms with Crippen molar-refractivity contribution in [3.63, 3.8) is 0 Å². The second kappa shape index (κ2) is 8.52. The summed E-state index contributed by atoms with van der Waals surface area (Å²) in [6.45, 7) is 1.46. The molecular weight excluding hydrogens is 434 g/mol. The van der Waals surface area contributed by atoms with E-state index in [2.05, 4.69) is 10.1 Å². The number of hydrazine groups is 2. The zero-order chi connectivity index (χ0) is 24.7. The molecule has 0 spiro atoms. The van der Waals surface area contributed by atoms with Crippen LogP contribution < -0.4 is 22.3 Å². The van der Waals surface area contributed by atoms with Gasteiger partial charge in [-0.3, -0.25) is 19.3 Å². The smallest absolute Gasteiger partial charge is 0.272 e. The molecule has 6 N–H and O–H groups in total. The zero-order valence-electron chi connectivity index (χ0n) is 19.5. The molecule has 34 heavy (non-hydrogen) atoms. The number of nitrogens with zero attached hydrogens (tertiary/aromatic N) is 6.